The van der Waals surface area contributed by atoms with Crippen molar-refractivity contribution in [3.8, 4) is 0 Å². The number of aromatic nitrogens is 2. The molecule has 3 nitrogen and oxygen atoms in total. The Hall–Kier alpha value is -2.07. The summed E-state index contributed by atoms with van der Waals surface area (Å²) in [7, 11) is 0. The summed E-state index contributed by atoms with van der Waals surface area (Å²) in [5, 5.41) is 0.863. The van der Waals surface area contributed by atoms with Gasteiger partial charge in [-0.1, -0.05) is 12.1 Å². The maximum atomic E-state index is 12.3. The summed E-state index contributed by atoms with van der Waals surface area (Å²) in [4.78, 5) is 20.7. The third kappa shape index (κ3) is 2.39. The molecule has 3 rings (SSSR count). The molecule has 0 saturated heterocycles. The summed E-state index contributed by atoms with van der Waals surface area (Å²) >= 11 is 1.58. The molecule has 0 spiro atoms. The predicted octanol–water partition coefficient (Wildman–Crippen LogP) is 3.43. The van der Waals surface area contributed by atoms with Gasteiger partial charge in [-0.05, 0) is 30.7 Å². The minimum atomic E-state index is 0.0963. The highest BCUT2D eigenvalue weighted by Gasteiger charge is 2.12. The standard InChI is InChI=1S/C15H12N2OS/c1-10-9-16-7-6-11(10)13(18)8-15-17-12-4-2-3-5-14(12)19-15/h2-7,9H,8H2,1H3. The van der Waals surface area contributed by atoms with E-state index in [2.05, 4.69) is 9.97 Å². The van der Waals surface area contributed by atoms with E-state index in [1.54, 1.807) is 29.8 Å². The molecule has 2 heterocycles. The number of aryl methyl sites for hydroxylation is 1. The van der Waals surface area contributed by atoms with Crippen LogP contribution in [0.2, 0.25) is 0 Å². The highest BCUT2D eigenvalue weighted by atomic mass is 32.1. The molecule has 2 aromatic heterocycles. The van der Waals surface area contributed by atoms with Gasteiger partial charge in [-0.2, -0.15) is 0 Å². The Balaban J connectivity index is 1.89. The van der Waals surface area contributed by atoms with E-state index in [9.17, 15) is 4.79 Å². The summed E-state index contributed by atoms with van der Waals surface area (Å²) in [6.07, 6.45) is 3.72. The van der Waals surface area contributed by atoms with Crippen LogP contribution in [-0.2, 0) is 6.42 Å². The fraction of sp³-hybridized carbons (Fsp3) is 0.133. The number of hydrogen-bond acceptors (Lipinski definition) is 4. The van der Waals surface area contributed by atoms with Gasteiger partial charge >= 0.3 is 0 Å². The van der Waals surface area contributed by atoms with Crippen molar-refractivity contribution < 1.29 is 4.79 Å². The Kier molecular flexibility index (Phi) is 3.09. The van der Waals surface area contributed by atoms with Crippen molar-refractivity contribution in [2.24, 2.45) is 0 Å². The van der Waals surface area contributed by atoms with E-state index in [4.69, 9.17) is 0 Å². The van der Waals surface area contributed by atoms with Crippen LogP contribution in [0, 0.1) is 6.92 Å². The number of hydrogen-bond donors (Lipinski definition) is 0. The monoisotopic (exact) mass is 268 g/mol. The Morgan fingerprint density at radius 3 is 2.89 bits per heavy atom. The van der Waals surface area contributed by atoms with Crippen LogP contribution in [0.4, 0.5) is 0 Å². The van der Waals surface area contributed by atoms with E-state index in [-0.39, 0.29) is 5.78 Å². The lowest BCUT2D eigenvalue weighted by Gasteiger charge is -2.01. The van der Waals surface area contributed by atoms with E-state index >= 15 is 0 Å². The number of ketones is 1. The van der Waals surface area contributed by atoms with Gasteiger partial charge in [-0.15, -0.1) is 11.3 Å². The van der Waals surface area contributed by atoms with Crippen LogP contribution in [0.15, 0.2) is 42.7 Å². The summed E-state index contributed by atoms with van der Waals surface area (Å²) in [6.45, 7) is 1.90. The van der Waals surface area contributed by atoms with Crippen molar-refractivity contribution in [3.05, 3.63) is 58.9 Å². The number of pyridine rings is 1. The van der Waals surface area contributed by atoms with Crippen LogP contribution in [0.1, 0.15) is 20.9 Å². The van der Waals surface area contributed by atoms with Crippen LogP contribution in [0.5, 0.6) is 0 Å². The fourth-order valence-electron chi connectivity index (χ4n) is 2.01. The van der Waals surface area contributed by atoms with Gasteiger partial charge in [-0.25, -0.2) is 4.98 Å². The zero-order chi connectivity index (χ0) is 13.2. The Morgan fingerprint density at radius 1 is 1.26 bits per heavy atom. The number of carbonyl (C=O) groups excluding carboxylic acids is 1. The summed E-state index contributed by atoms with van der Waals surface area (Å²) < 4.78 is 1.12. The molecule has 0 fully saturated rings. The molecule has 0 N–H and O–H groups in total. The van der Waals surface area contributed by atoms with Crippen molar-refractivity contribution in [2.45, 2.75) is 13.3 Å². The Morgan fingerprint density at radius 2 is 2.11 bits per heavy atom. The molecule has 0 amide bonds. The number of rotatable bonds is 3. The van der Waals surface area contributed by atoms with Crippen LogP contribution in [-0.4, -0.2) is 15.8 Å². The average Bonchev–Trinajstić information content (AvgIpc) is 2.81. The molecule has 1 aromatic carbocycles. The first-order valence-electron chi connectivity index (χ1n) is 6.02. The molecule has 0 bridgehead atoms. The zero-order valence-electron chi connectivity index (χ0n) is 10.5. The molecule has 0 saturated carbocycles. The number of fused-ring (bicyclic) bond motifs is 1. The van der Waals surface area contributed by atoms with Gasteiger partial charge in [0, 0.05) is 18.0 Å². The van der Waals surface area contributed by atoms with Gasteiger partial charge in [0.2, 0.25) is 0 Å². The van der Waals surface area contributed by atoms with E-state index in [0.29, 0.717) is 6.42 Å². The van der Waals surface area contributed by atoms with Crippen molar-refractivity contribution in [3.63, 3.8) is 0 Å². The SMILES string of the molecule is Cc1cnccc1C(=O)Cc1nc2ccccc2s1. The lowest BCUT2D eigenvalue weighted by molar-refractivity contribution is 0.0992. The Labute approximate surface area is 115 Å². The topological polar surface area (TPSA) is 42.9 Å². The number of nitrogens with zero attached hydrogens (tertiary/aromatic N) is 2. The number of benzene rings is 1. The van der Waals surface area contributed by atoms with Crippen LogP contribution < -0.4 is 0 Å². The van der Waals surface area contributed by atoms with Crippen LogP contribution in [0.25, 0.3) is 10.2 Å². The molecule has 4 heteroatoms. The first-order chi connectivity index (χ1) is 9.24. The molecule has 0 radical (unpaired) electrons. The molecule has 3 aromatic rings. The van der Waals surface area contributed by atoms with Crippen LogP contribution >= 0.6 is 11.3 Å². The number of Topliss-reactive ketones (excluding diaryl/α,β-unsaturated/α-hetero) is 1. The molecule has 94 valence electrons. The van der Waals surface area contributed by atoms with Crippen LogP contribution in [0.3, 0.4) is 0 Å². The maximum absolute atomic E-state index is 12.3. The minimum Gasteiger partial charge on any atom is -0.294 e. The second-order valence-electron chi connectivity index (χ2n) is 4.37. The van der Waals surface area contributed by atoms with Gasteiger partial charge in [0.25, 0.3) is 0 Å². The first-order valence-corrected chi connectivity index (χ1v) is 6.84. The lowest BCUT2D eigenvalue weighted by Crippen LogP contribution is -2.05. The normalized spacial score (nSPS) is 10.8. The molecule has 0 aliphatic heterocycles. The quantitative estimate of drug-likeness (QED) is 0.683. The van der Waals surface area contributed by atoms with E-state index < -0.39 is 0 Å². The highest BCUT2D eigenvalue weighted by Crippen LogP contribution is 2.23. The van der Waals surface area contributed by atoms with Crippen molar-refractivity contribution in [1.29, 1.82) is 0 Å². The summed E-state index contributed by atoms with van der Waals surface area (Å²) in [5.41, 5.74) is 2.60. The minimum absolute atomic E-state index is 0.0963. The lowest BCUT2D eigenvalue weighted by atomic mass is 10.1. The van der Waals surface area contributed by atoms with E-state index in [1.165, 1.54) is 0 Å². The van der Waals surface area contributed by atoms with E-state index in [1.807, 2.05) is 31.2 Å². The van der Waals surface area contributed by atoms with E-state index in [0.717, 1.165) is 26.4 Å². The largest absolute Gasteiger partial charge is 0.294 e. The zero-order valence-corrected chi connectivity index (χ0v) is 11.3. The number of carbonyl (C=O) groups is 1. The highest BCUT2D eigenvalue weighted by molar-refractivity contribution is 7.18. The molecule has 19 heavy (non-hydrogen) atoms. The maximum Gasteiger partial charge on any atom is 0.170 e. The average molecular weight is 268 g/mol. The third-order valence-electron chi connectivity index (χ3n) is 2.97. The molecule has 0 unspecified atom stereocenters. The fourth-order valence-corrected chi connectivity index (χ4v) is 2.98. The second kappa shape index (κ2) is 4.90. The third-order valence-corrected chi connectivity index (χ3v) is 4.01. The van der Waals surface area contributed by atoms with Gasteiger partial charge in [0.05, 0.1) is 16.6 Å². The predicted molar refractivity (Wildman–Crippen MR) is 76.6 cm³/mol. The van der Waals surface area contributed by atoms with Crippen molar-refractivity contribution in [2.75, 3.05) is 0 Å². The second-order valence-corrected chi connectivity index (χ2v) is 5.48. The van der Waals surface area contributed by atoms with Gasteiger partial charge in [0.1, 0.15) is 5.01 Å². The summed E-state index contributed by atoms with van der Waals surface area (Å²) in [5.74, 6) is 0.0963. The molecule has 0 atom stereocenters. The van der Waals surface area contributed by atoms with Gasteiger partial charge in [0.15, 0.2) is 5.78 Å². The summed E-state index contributed by atoms with van der Waals surface area (Å²) in [6, 6.07) is 9.71. The number of thiazole rings is 1. The number of para-hydroxylation sites is 1. The Bertz CT molecular complexity index is 715. The van der Waals surface area contributed by atoms with Gasteiger partial charge in [-0.3, -0.25) is 9.78 Å². The van der Waals surface area contributed by atoms with Gasteiger partial charge < -0.3 is 0 Å². The first kappa shape index (κ1) is 12.0. The molecular formula is C15H12N2OS. The van der Waals surface area contributed by atoms with Crippen molar-refractivity contribution >= 4 is 27.3 Å². The van der Waals surface area contributed by atoms with Crippen molar-refractivity contribution in [1.82, 2.24) is 9.97 Å². The molecule has 0 aliphatic carbocycles. The smallest absolute Gasteiger partial charge is 0.170 e. The molecule has 0 aliphatic rings. The molecular weight excluding hydrogens is 256 g/mol.